The van der Waals surface area contributed by atoms with Crippen LogP contribution in [0.1, 0.15) is 49.9 Å². The summed E-state index contributed by atoms with van der Waals surface area (Å²) >= 11 is 1.65. The number of aliphatic hydroxyl groups is 1. The molecule has 9 nitrogen and oxygen atoms in total. The zero-order chi connectivity index (χ0) is 26.8. The van der Waals surface area contributed by atoms with E-state index in [9.17, 15) is 19.5 Å². The number of nitrogens with zero attached hydrogens (tertiary/aromatic N) is 1. The van der Waals surface area contributed by atoms with E-state index < -0.39 is 24.4 Å². The van der Waals surface area contributed by atoms with E-state index in [2.05, 4.69) is 22.0 Å². The molecular formula is C28H34N4O5S. The molecule has 0 radical (unpaired) electrons. The predicted molar refractivity (Wildman–Crippen MR) is 144 cm³/mol. The highest BCUT2D eigenvalue weighted by Crippen LogP contribution is 2.44. The molecule has 4 atom stereocenters. The van der Waals surface area contributed by atoms with Crippen molar-refractivity contribution in [3.05, 3.63) is 48.0 Å². The number of carbonyl (C=O) groups is 3. The lowest BCUT2D eigenvalue weighted by Crippen LogP contribution is -2.55. The first kappa shape index (κ1) is 26.5. The molecule has 3 heterocycles. The highest BCUT2D eigenvalue weighted by Gasteiger charge is 2.37. The SMILES string of the molecule is CC(C)C[C@H](NC(=O)[C@@H]1CCCN1C(=O)c1ccc2c(c1)Nc1ccccc1S2)C(=O)N[C@H]1CCOC1O. The number of para-hydroxylation sites is 1. The highest BCUT2D eigenvalue weighted by atomic mass is 32.2. The Kier molecular flexibility index (Phi) is 7.92. The largest absolute Gasteiger partial charge is 0.366 e. The van der Waals surface area contributed by atoms with Crippen molar-refractivity contribution in [3.63, 3.8) is 0 Å². The Bertz CT molecular complexity index is 1220. The van der Waals surface area contributed by atoms with Gasteiger partial charge >= 0.3 is 0 Å². The average Bonchev–Trinajstić information content (AvgIpc) is 3.55. The summed E-state index contributed by atoms with van der Waals surface area (Å²) in [6.07, 6.45) is 1.16. The quantitative estimate of drug-likeness (QED) is 0.365. The van der Waals surface area contributed by atoms with Crippen LogP contribution in [0.15, 0.2) is 52.3 Å². The molecule has 0 bridgehead atoms. The lowest BCUT2D eigenvalue weighted by atomic mass is 10.0. The van der Waals surface area contributed by atoms with Gasteiger partial charge in [0.25, 0.3) is 5.91 Å². The molecule has 0 aromatic heterocycles. The first-order chi connectivity index (χ1) is 18.3. The van der Waals surface area contributed by atoms with E-state index in [1.165, 1.54) is 0 Å². The van der Waals surface area contributed by atoms with Crippen molar-refractivity contribution < 1.29 is 24.2 Å². The van der Waals surface area contributed by atoms with Crippen molar-refractivity contribution in [1.29, 1.82) is 0 Å². The zero-order valence-electron chi connectivity index (χ0n) is 21.6. The molecule has 2 saturated heterocycles. The number of hydrogen-bond donors (Lipinski definition) is 4. The summed E-state index contributed by atoms with van der Waals surface area (Å²) in [5, 5.41) is 19.0. The summed E-state index contributed by atoms with van der Waals surface area (Å²) in [5.41, 5.74) is 2.38. The van der Waals surface area contributed by atoms with Crippen LogP contribution in [0.2, 0.25) is 0 Å². The number of fused-ring (bicyclic) bond motifs is 2. The van der Waals surface area contributed by atoms with Crippen LogP contribution in [0.3, 0.4) is 0 Å². The Morgan fingerprint density at radius 1 is 1.13 bits per heavy atom. The van der Waals surface area contributed by atoms with Crippen molar-refractivity contribution in [2.45, 2.75) is 73.7 Å². The number of hydrogen-bond acceptors (Lipinski definition) is 7. The number of benzene rings is 2. The molecule has 3 amide bonds. The summed E-state index contributed by atoms with van der Waals surface area (Å²) in [7, 11) is 0. The molecule has 38 heavy (non-hydrogen) atoms. The maximum absolute atomic E-state index is 13.5. The van der Waals surface area contributed by atoms with Crippen LogP contribution in [0, 0.1) is 5.92 Å². The molecule has 5 rings (SSSR count). The van der Waals surface area contributed by atoms with Crippen molar-refractivity contribution in [2.24, 2.45) is 5.92 Å². The predicted octanol–water partition coefficient (Wildman–Crippen LogP) is 3.25. The molecule has 0 spiro atoms. The van der Waals surface area contributed by atoms with Gasteiger partial charge in [-0.2, -0.15) is 0 Å². The zero-order valence-corrected chi connectivity index (χ0v) is 22.4. The van der Waals surface area contributed by atoms with Gasteiger partial charge in [-0.05, 0) is 61.9 Å². The number of nitrogens with one attached hydrogen (secondary N) is 3. The Labute approximate surface area is 226 Å². The van der Waals surface area contributed by atoms with Crippen LogP contribution in [0.4, 0.5) is 11.4 Å². The van der Waals surface area contributed by atoms with Crippen LogP contribution in [-0.4, -0.2) is 65.3 Å². The smallest absolute Gasteiger partial charge is 0.254 e. The van der Waals surface area contributed by atoms with Crippen molar-refractivity contribution in [3.8, 4) is 0 Å². The summed E-state index contributed by atoms with van der Waals surface area (Å²) in [4.78, 5) is 43.7. The molecule has 4 N–H and O–H groups in total. The van der Waals surface area contributed by atoms with Crippen LogP contribution in [0.25, 0.3) is 0 Å². The fraction of sp³-hybridized carbons (Fsp3) is 0.464. The van der Waals surface area contributed by atoms with Gasteiger partial charge in [0.2, 0.25) is 11.8 Å². The minimum absolute atomic E-state index is 0.156. The standard InChI is InChI=1S/C28H34N4O5S/c1-16(2)14-21(25(33)30-19-11-13-37-28(19)36)31-26(34)22-7-5-12-32(22)27(35)17-9-10-24-20(15-17)29-18-6-3-4-8-23(18)38-24/h3-4,6,8-10,15-16,19,21-22,28-29,36H,5,7,11-14H2,1-2H3,(H,30,33)(H,31,34)/t19-,21-,22-,28?/m0/s1. The van der Waals surface area contributed by atoms with E-state index in [1.54, 1.807) is 22.7 Å². The lowest BCUT2D eigenvalue weighted by Gasteiger charge is -2.28. The van der Waals surface area contributed by atoms with Gasteiger partial charge in [0.1, 0.15) is 12.1 Å². The van der Waals surface area contributed by atoms with Gasteiger partial charge in [-0.15, -0.1) is 0 Å². The molecule has 3 aliphatic rings. The third-order valence-electron chi connectivity index (χ3n) is 7.15. The highest BCUT2D eigenvalue weighted by molar-refractivity contribution is 7.99. The van der Waals surface area contributed by atoms with Gasteiger partial charge < -0.3 is 30.7 Å². The van der Waals surface area contributed by atoms with E-state index in [0.29, 0.717) is 44.4 Å². The number of ether oxygens (including phenoxy) is 1. The van der Waals surface area contributed by atoms with E-state index in [-0.39, 0.29) is 23.6 Å². The molecule has 3 aliphatic heterocycles. The van der Waals surface area contributed by atoms with Gasteiger partial charge in [0.05, 0.1) is 24.0 Å². The average molecular weight is 539 g/mol. The molecule has 2 fully saturated rings. The van der Waals surface area contributed by atoms with Gasteiger partial charge in [-0.3, -0.25) is 14.4 Å². The molecule has 202 valence electrons. The van der Waals surface area contributed by atoms with Crippen molar-refractivity contribution in [1.82, 2.24) is 15.5 Å². The van der Waals surface area contributed by atoms with E-state index in [1.807, 2.05) is 44.2 Å². The topological polar surface area (TPSA) is 120 Å². The summed E-state index contributed by atoms with van der Waals surface area (Å²) in [6.45, 7) is 4.81. The second-order valence-electron chi connectivity index (χ2n) is 10.4. The first-order valence-corrected chi connectivity index (χ1v) is 14.0. The van der Waals surface area contributed by atoms with Gasteiger partial charge in [-0.25, -0.2) is 0 Å². The van der Waals surface area contributed by atoms with Crippen LogP contribution in [0.5, 0.6) is 0 Å². The van der Waals surface area contributed by atoms with E-state index >= 15 is 0 Å². The Balaban J connectivity index is 1.27. The number of likely N-dealkylation sites (tertiary alicyclic amines) is 1. The number of carbonyl (C=O) groups excluding carboxylic acids is 3. The second-order valence-corrected chi connectivity index (χ2v) is 11.5. The molecule has 2 aromatic carbocycles. The molecule has 10 heteroatoms. The fourth-order valence-electron chi connectivity index (χ4n) is 5.19. The van der Waals surface area contributed by atoms with Crippen LogP contribution in [-0.2, 0) is 14.3 Å². The minimum Gasteiger partial charge on any atom is -0.366 e. The summed E-state index contributed by atoms with van der Waals surface area (Å²) < 4.78 is 5.13. The number of amides is 3. The molecule has 0 aliphatic carbocycles. The van der Waals surface area contributed by atoms with Crippen LogP contribution >= 0.6 is 11.8 Å². The maximum atomic E-state index is 13.5. The molecule has 1 unspecified atom stereocenters. The Morgan fingerprint density at radius 2 is 1.92 bits per heavy atom. The number of rotatable bonds is 7. The van der Waals surface area contributed by atoms with Crippen molar-refractivity contribution in [2.75, 3.05) is 18.5 Å². The first-order valence-electron chi connectivity index (χ1n) is 13.2. The third-order valence-corrected chi connectivity index (χ3v) is 8.30. The minimum atomic E-state index is -1.05. The fourth-order valence-corrected chi connectivity index (χ4v) is 6.16. The van der Waals surface area contributed by atoms with Crippen LogP contribution < -0.4 is 16.0 Å². The van der Waals surface area contributed by atoms with E-state index in [0.717, 1.165) is 21.2 Å². The molecule has 2 aromatic rings. The van der Waals surface area contributed by atoms with Crippen molar-refractivity contribution >= 4 is 40.9 Å². The molecule has 0 saturated carbocycles. The maximum Gasteiger partial charge on any atom is 0.254 e. The summed E-state index contributed by atoms with van der Waals surface area (Å²) in [6, 6.07) is 11.7. The normalized spacial score (nSPS) is 22.8. The third kappa shape index (κ3) is 5.67. The number of aliphatic hydroxyl groups excluding tert-OH is 1. The Hall–Kier alpha value is -3.08. The Morgan fingerprint density at radius 3 is 2.68 bits per heavy atom. The van der Waals surface area contributed by atoms with Gasteiger partial charge in [-0.1, -0.05) is 37.7 Å². The second kappa shape index (κ2) is 11.3. The number of anilines is 2. The summed E-state index contributed by atoms with van der Waals surface area (Å²) in [5.74, 6) is -0.730. The van der Waals surface area contributed by atoms with Gasteiger partial charge in [0.15, 0.2) is 6.29 Å². The van der Waals surface area contributed by atoms with E-state index in [4.69, 9.17) is 4.74 Å². The lowest BCUT2D eigenvalue weighted by molar-refractivity contribution is -0.133. The van der Waals surface area contributed by atoms with Gasteiger partial charge in [0, 0.05) is 21.9 Å². The monoisotopic (exact) mass is 538 g/mol. The molecular weight excluding hydrogens is 504 g/mol.